The van der Waals surface area contributed by atoms with E-state index in [1.807, 2.05) is 13.8 Å². The second-order valence-corrected chi connectivity index (χ2v) is 5.46. The lowest BCUT2D eigenvalue weighted by atomic mass is 9.88. The monoisotopic (exact) mass is 270 g/mol. The number of rotatable bonds is 5. The summed E-state index contributed by atoms with van der Waals surface area (Å²) in [6, 6.07) is -0.328. The lowest BCUT2D eigenvalue weighted by Crippen LogP contribution is -2.52. The van der Waals surface area contributed by atoms with Gasteiger partial charge in [0.15, 0.2) is 0 Å². The lowest BCUT2D eigenvalue weighted by Gasteiger charge is -2.29. The van der Waals surface area contributed by atoms with Crippen molar-refractivity contribution in [1.29, 1.82) is 0 Å². The van der Waals surface area contributed by atoms with E-state index < -0.39 is 5.41 Å². The van der Waals surface area contributed by atoms with E-state index in [1.54, 1.807) is 0 Å². The van der Waals surface area contributed by atoms with E-state index >= 15 is 0 Å². The van der Waals surface area contributed by atoms with Crippen LogP contribution >= 0.6 is 0 Å². The molecule has 0 saturated carbocycles. The number of nitrogens with two attached hydrogens (primary N) is 1. The summed E-state index contributed by atoms with van der Waals surface area (Å²) < 4.78 is 0. The number of nitrogens with one attached hydrogen (secondary N) is 1. The number of hydrogen-bond acceptors (Lipinski definition) is 5. The normalized spacial score (nSPS) is 21.9. The SMILES string of the molecule is CN1C(=O)CCC(NCCC(C)(C)C(N)=NO)C1=O. The molecule has 2 amide bonds. The highest BCUT2D eigenvalue weighted by molar-refractivity contribution is 6.00. The zero-order chi connectivity index (χ0) is 14.6. The zero-order valence-electron chi connectivity index (χ0n) is 11.6. The van der Waals surface area contributed by atoms with E-state index in [1.165, 1.54) is 7.05 Å². The molecule has 0 radical (unpaired) electrons. The number of likely N-dealkylation sites (tertiary alicyclic amines) is 1. The summed E-state index contributed by atoms with van der Waals surface area (Å²) >= 11 is 0. The number of likely N-dealkylation sites (N-methyl/N-ethyl adjacent to an activating group) is 1. The molecule has 0 aromatic carbocycles. The highest BCUT2D eigenvalue weighted by Crippen LogP contribution is 2.20. The summed E-state index contributed by atoms with van der Waals surface area (Å²) in [6.07, 6.45) is 1.53. The molecule has 1 aliphatic heterocycles. The minimum atomic E-state index is -0.443. The fraction of sp³-hybridized carbons (Fsp3) is 0.750. The Labute approximate surface area is 112 Å². The van der Waals surface area contributed by atoms with Crippen LogP contribution in [0.15, 0.2) is 5.16 Å². The Balaban J connectivity index is 2.46. The van der Waals surface area contributed by atoms with E-state index in [4.69, 9.17) is 10.9 Å². The largest absolute Gasteiger partial charge is 0.409 e. The first-order valence-corrected chi connectivity index (χ1v) is 6.31. The van der Waals surface area contributed by atoms with Crippen LogP contribution in [0.5, 0.6) is 0 Å². The average molecular weight is 270 g/mol. The predicted molar refractivity (Wildman–Crippen MR) is 70.6 cm³/mol. The van der Waals surface area contributed by atoms with Crippen molar-refractivity contribution in [3.8, 4) is 0 Å². The van der Waals surface area contributed by atoms with Crippen molar-refractivity contribution in [2.24, 2.45) is 16.3 Å². The molecule has 7 nitrogen and oxygen atoms in total. The Bertz CT molecular complexity index is 392. The highest BCUT2D eigenvalue weighted by atomic mass is 16.4. The van der Waals surface area contributed by atoms with Gasteiger partial charge in [0.1, 0.15) is 5.84 Å². The number of imide groups is 1. The fourth-order valence-corrected chi connectivity index (χ4v) is 1.93. The third-order valence-corrected chi connectivity index (χ3v) is 3.59. The Morgan fingerprint density at radius 1 is 1.58 bits per heavy atom. The molecule has 0 aromatic heterocycles. The molecule has 0 aromatic rings. The molecule has 0 aliphatic carbocycles. The van der Waals surface area contributed by atoms with Gasteiger partial charge in [-0.25, -0.2) is 0 Å². The Hall–Kier alpha value is -1.63. The molecular weight excluding hydrogens is 248 g/mol. The summed E-state index contributed by atoms with van der Waals surface area (Å²) in [5, 5.41) is 14.8. The predicted octanol–water partition coefficient (Wildman–Crippen LogP) is -0.114. The van der Waals surface area contributed by atoms with Crippen LogP contribution in [0.1, 0.15) is 33.1 Å². The van der Waals surface area contributed by atoms with E-state index in [0.29, 0.717) is 25.8 Å². The fourth-order valence-electron chi connectivity index (χ4n) is 1.93. The number of hydrogen-bond donors (Lipinski definition) is 3. The van der Waals surface area contributed by atoms with Gasteiger partial charge in [0, 0.05) is 18.9 Å². The lowest BCUT2D eigenvalue weighted by molar-refractivity contribution is -0.148. The summed E-state index contributed by atoms with van der Waals surface area (Å²) in [6.45, 7) is 4.28. The van der Waals surface area contributed by atoms with E-state index in [-0.39, 0.29) is 23.7 Å². The van der Waals surface area contributed by atoms with E-state index in [9.17, 15) is 9.59 Å². The summed E-state index contributed by atoms with van der Waals surface area (Å²) in [5.41, 5.74) is 5.15. The molecule has 1 unspecified atom stereocenters. The van der Waals surface area contributed by atoms with Gasteiger partial charge in [0.25, 0.3) is 0 Å². The topological polar surface area (TPSA) is 108 Å². The number of carbonyl (C=O) groups is 2. The molecule has 0 spiro atoms. The van der Waals surface area contributed by atoms with Crippen LogP contribution in [0.4, 0.5) is 0 Å². The van der Waals surface area contributed by atoms with Gasteiger partial charge >= 0.3 is 0 Å². The van der Waals surface area contributed by atoms with Crippen LogP contribution in [-0.4, -0.2) is 47.4 Å². The molecule has 1 atom stereocenters. The first kappa shape index (κ1) is 15.4. The molecule has 1 rings (SSSR count). The van der Waals surface area contributed by atoms with Gasteiger partial charge in [-0.05, 0) is 19.4 Å². The number of nitrogens with zero attached hydrogens (tertiary/aromatic N) is 2. The van der Waals surface area contributed by atoms with Crippen molar-refractivity contribution in [3.63, 3.8) is 0 Å². The first-order valence-electron chi connectivity index (χ1n) is 6.31. The number of amidine groups is 1. The molecular formula is C12H22N4O3. The van der Waals surface area contributed by atoms with E-state index in [0.717, 1.165) is 4.90 Å². The number of oxime groups is 1. The van der Waals surface area contributed by atoms with Crippen LogP contribution in [0.25, 0.3) is 0 Å². The van der Waals surface area contributed by atoms with Crippen molar-refractivity contribution in [2.75, 3.05) is 13.6 Å². The summed E-state index contributed by atoms with van der Waals surface area (Å²) in [7, 11) is 1.50. The van der Waals surface area contributed by atoms with E-state index in [2.05, 4.69) is 10.5 Å². The standard InChI is InChI=1S/C12H22N4O3/c1-12(2,11(13)15-19)6-7-14-8-4-5-9(17)16(3)10(8)18/h8,14,19H,4-7H2,1-3H3,(H2,13,15). The average Bonchev–Trinajstić information content (AvgIpc) is 2.37. The second-order valence-electron chi connectivity index (χ2n) is 5.46. The highest BCUT2D eigenvalue weighted by Gasteiger charge is 2.32. The molecule has 7 heteroatoms. The maximum Gasteiger partial charge on any atom is 0.246 e. The van der Waals surface area contributed by atoms with Crippen LogP contribution in [0.2, 0.25) is 0 Å². The van der Waals surface area contributed by atoms with Crippen molar-refractivity contribution in [1.82, 2.24) is 10.2 Å². The van der Waals surface area contributed by atoms with Crippen molar-refractivity contribution >= 4 is 17.6 Å². The van der Waals surface area contributed by atoms with Crippen LogP contribution in [0, 0.1) is 5.41 Å². The first-order chi connectivity index (χ1) is 8.79. The summed E-state index contributed by atoms with van der Waals surface area (Å²) in [4.78, 5) is 24.3. The van der Waals surface area contributed by atoms with Crippen LogP contribution < -0.4 is 11.1 Å². The van der Waals surface area contributed by atoms with Gasteiger partial charge in [-0.1, -0.05) is 19.0 Å². The zero-order valence-corrected chi connectivity index (χ0v) is 11.6. The number of piperidine rings is 1. The van der Waals surface area contributed by atoms with Crippen LogP contribution in [-0.2, 0) is 9.59 Å². The molecule has 0 bridgehead atoms. The van der Waals surface area contributed by atoms with Crippen molar-refractivity contribution in [2.45, 2.75) is 39.2 Å². The molecule has 1 saturated heterocycles. The second kappa shape index (κ2) is 6.01. The Morgan fingerprint density at radius 3 is 2.79 bits per heavy atom. The number of carbonyl (C=O) groups excluding carboxylic acids is 2. The van der Waals surface area contributed by atoms with Gasteiger partial charge in [0.2, 0.25) is 11.8 Å². The minimum absolute atomic E-state index is 0.139. The third kappa shape index (κ3) is 3.66. The molecule has 1 heterocycles. The molecule has 1 fully saturated rings. The van der Waals surface area contributed by atoms with Gasteiger partial charge < -0.3 is 16.3 Å². The van der Waals surface area contributed by atoms with Crippen molar-refractivity contribution < 1.29 is 14.8 Å². The molecule has 19 heavy (non-hydrogen) atoms. The summed E-state index contributed by atoms with van der Waals surface area (Å²) in [5.74, 6) is -0.172. The smallest absolute Gasteiger partial charge is 0.246 e. The van der Waals surface area contributed by atoms with Gasteiger partial charge in [-0.15, -0.1) is 0 Å². The molecule has 108 valence electrons. The minimum Gasteiger partial charge on any atom is -0.409 e. The van der Waals surface area contributed by atoms with Gasteiger partial charge in [-0.3, -0.25) is 14.5 Å². The maximum absolute atomic E-state index is 11.8. The van der Waals surface area contributed by atoms with Crippen molar-refractivity contribution in [3.05, 3.63) is 0 Å². The Kier molecular flexibility index (Phi) is 4.88. The third-order valence-electron chi connectivity index (χ3n) is 3.59. The number of amides is 2. The van der Waals surface area contributed by atoms with Gasteiger partial charge in [0.05, 0.1) is 6.04 Å². The van der Waals surface area contributed by atoms with Crippen LogP contribution in [0.3, 0.4) is 0 Å². The molecule has 1 aliphatic rings. The maximum atomic E-state index is 11.8. The molecule has 4 N–H and O–H groups in total. The van der Waals surface area contributed by atoms with Gasteiger partial charge in [-0.2, -0.15) is 0 Å². The Morgan fingerprint density at radius 2 is 2.21 bits per heavy atom. The quantitative estimate of drug-likeness (QED) is 0.212.